The van der Waals surface area contributed by atoms with Crippen molar-refractivity contribution < 1.29 is 9.84 Å². The van der Waals surface area contributed by atoms with E-state index in [9.17, 15) is 0 Å². The van der Waals surface area contributed by atoms with Crippen LogP contribution in [0.5, 0.6) is 11.5 Å². The number of phenols is 1. The van der Waals surface area contributed by atoms with Crippen molar-refractivity contribution in [2.24, 2.45) is 0 Å². The first-order valence-corrected chi connectivity index (χ1v) is 5.71. The Kier molecular flexibility index (Phi) is 3.66. The summed E-state index contributed by atoms with van der Waals surface area (Å²) in [6, 6.07) is 15.2. The lowest BCUT2D eigenvalue weighted by molar-refractivity contribution is 0.322. The monoisotopic (exact) mass is 228 g/mol. The van der Waals surface area contributed by atoms with E-state index in [2.05, 4.69) is 6.92 Å². The molecule has 1 N–H and O–H groups in total. The zero-order chi connectivity index (χ0) is 12.1. The van der Waals surface area contributed by atoms with Crippen molar-refractivity contribution in [3.05, 3.63) is 59.7 Å². The molecule has 0 fully saturated rings. The highest BCUT2D eigenvalue weighted by Crippen LogP contribution is 2.13. The van der Waals surface area contributed by atoms with Gasteiger partial charge in [-0.05, 0) is 36.8 Å². The normalized spacial score (nSPS) is 10.2. The SMILES string of the molecule is Cc1ccc(OCCc2ccc(O)cc2)cc1. The molecular weight excluding hydrogens is 212 g/mol. The second-order valence-electron chi connectivity index (χ2n) is 4.08. The molecule has 2 aromatic carbocycles. The third-order valence-electron chi connectivity index (χ3n) is 2.62. The number of ether oxygens (including phenoxy) is 1. The van der Waals surface area contributed by atoms with Gasteiger partial charge in [-0.3, -0.25) is 0 Å². The van der Waals surface area contributed by atoms with Crippen LogP contribution in [0.2, 0.25) is 0 Å². The third kappa shape index (κ3) is 3.52. The van der Waals surface area contributed by atoms with Gasteiger partial charge in [-0.15, -0.1) is 0 Å². The Bertz CT molecular complexity index is 412. The second kappa shape index (κ2) is 5.39. The van der Waals surface area contributed by atoms with Gasteiger partial charge < -0.3 is 9.84 Å². The van der Waals surface area contributed by atoms with Crippen LogP contribution in [0.4, 0.5) is 0 Å². The van der Waals surface area contributed by atoms with E-state index in [1.54, 1.807) is 12.1 Å². The summed E-state index contributed by atoms with van der Waals surface area (Å²) in [5.74, 6) is 1.20. The van der Waals surface area contributed by atoms with Gasteiger partial charge in [0.15, 0.2) is 0 Å². The molecule has 0 spiro atoms. The minimum absolute atomic E-state index is 0.299. The van der Waals surface area contributed by atoms with Gasteiger partial charge in [0.1, 0.15) is 11.5 Å². The molecule has 0 aliphatic heterocycles. The maximum absolute atomic E-state index is 9.15. The molecule has 0 heterocycles. The molecule has 0 aromatic heterocycles. The summed E-state index contributed by atoms with van der Waals surface area (Å²) in [4.78, 5) is 0. The molecule has 0 saturated heterocycles. The summed E-state index contributed by atoms with van der Waals surface area (Å²) < 4.78 is 5.63. The lowest BCUT2D eigenvalue weighted by Crippen LogP contribution is -2.00. The molecule has 0 aliphatic carbocycles. The highest BCUT2D eigenvalue weighted by molar-refractivity contribution is 5.27. The maximum atomic E-state index is 9.15. The summed E-state index contributed by atoms with van der Waals surface area (Å²) in [5, 5.41) is 9.15. The molecule has 0 amide bonds. The van der Waals surface area contributed by atoms with E-state index >= 15 is 0 Å². The van der Waals surface area contributed by atoms with Gasteiger partial charge in [0, 0.05) is 6.42 Å². The van der Waals surface area contributed by atoms with E-state index < -0.39 is 0 Å². The van der Waals surface area contributed by atoms with Crippen molar-refractivity contribution in [2.75, 3.05) is 6.61 Å². The van der Waals surface area contributed by atoms with Gasteiger partial charge in [0.2, 0.25) is 0 Å². The Balaban J connectivity index is 1.83. The summed E-state index contributed by atoms with van der Waals surface area (Å²) in [7, 11) is 0. The quantitative estimate of drug-likeness (QED) is 0.869. The Morgan fingerprint density at radius 3 is 2.24 bits per heavy atom. The molecule has 17 heavy (non-hydrogen) atoms. The van der Waals surface area contributed by atoms with Crippen LogP contribution in [0.3, 0.4) is 0 Å². The largest absolute Gasteiger partial charge is 0.508 e. The first-order chi connectivity index (χ1) is 8.24. The van der Waals surface area contributed by atoms with E-state index in [1.807, 2.05) is 36.4 Å². The Hall–Kier alpha value is -1.96. The fourth-order valence-electron chi connectivity index (χ4n) is 1.58. The first-order valence-electron chi connectivity index (χ1n) is 5.71. The molecule has 0 atom stereocenters. The van der Waals surface area contributed by atoms with Crippen LogP contribution >= 0.6 is 0 Å². The average molecular weight is 228 g/mol. The van der Waals surface area contributed by atoms with Gasteiger partial charge in [-0.1, -0.05) is 29.8 Å². The number of hydrogen-bond donors (Lipinski definition) is 1. The Labute approximate surface area is 101 Å². The predicted molar refractivity (Wildman–Crippen MR) is 68.5 cm³/mol. The standard InChI is InChI=1S/C15H16O2/c1-12-2-8-15(9-3-12)17-11-10-13-4-6-14(16)7-5-13/h2-9,16H,10-11H2,1H3. The minimum Gasteiger partial charge on any atom is -0.508 e. The predicted octanol–water partition coefficient (Wildman–Crippen LogP) is 3.32. The molecular formula is C15H16O2. The number of rotatable bonds is 4. The van der Waals surface area contributed by atoms with Gasteiger partial charge in [-0.25, -0.2) is 0 Å². The number of aryl methyl sites for hydroxylation is 1. The van der Waals surface area contributed by atoms with Gasteiger partial charge >= 0.3 is 0 Å². The molecule has 0 unspecified atom stereocenters. The molecule has 0 aliphatic rings. The Morgan fingerprint density at radius 1 is 0.941 bits per heavy atom. The molecule has 2 rings (SSSR count). The fraction of sp³-hybridized carbons (Fsp3) is 0.200. The van der Waals surface area contributed by atoms with Crippen molar-refractivity contribution in [1.29, 1.82) is 0 Å². The second-order valence-corrected chi connectivity index (χ2v) is 4.08. The van der Waals surface area contributed by atoms with E-state index in [0.29, 0.717) is 12.4 Å². The molecule has 2 nitrogen and oxygen atoms in total. The average Bonchev–Trinajstić information content (AvgIpc) is 2.34. The van der Waals surface area contributed by atoms with E-state index in [4.69, 9.17) is 9.84 Å². The van der Waals surface area contributed by atoms with Crippen molar-refractivity contribution in [1.82, 2.24) is 0 Å². The van der Waals surface area contributed by atoms with Crippen molar-refractivity contribution >= 4 is 0 Å². The molecule has 0 saturated carbocycles. The zero-order valence-electron chi connectivity index (χ0n) is 9.89. The summed E-state index contributed by atoms with van der Waals surface area (Å²) in [5.41, 5.74) is 2.39. The zero-order valence-corrected chi connectivity index (χ0v) is 9.89. The van der Waals surface area contributed by atoms with Gasteiger partial charge in [0.25, 0.3) is 0 Å². The molecule has 2 aromatic rings. The third-order valence-corrected chi connectivity index (χ3v) is 2.62. The van der Waals surface area contributed by atoms with Crippen molar-refractivity contribution in [2.45, 2.75) is 13.3 Å². The van der Waals surface area contributed by atoms with Crippen LogP contribution in [-0.4, -0.2) is 11.7 Å². The lowest BCUT2D eigenvalue weighted by Gasteiger charge is -2.06. The van der Waals surface area contributed by atoms with Crippen LogP contribution in [0.25, 0.3) is 0 Å². The molecule has 2 heteroatoms. The highest BCUT2D eigenvalue weighted by atomic mass is 16.5. The number of benzene rings is 2. The smallest absolute Gasteiger partial charge is 0.119 e. The van der Waals surface area contributed by atoms with Crippen LogP contribution in [0.15, 0.2) is 48.5 Å². The van der Waals surface area contributed by atoms with Crippen LogP contribution in [0.1, 0.15) is 11.1 Å². The lowest BCUT2D eigenvalue weighted by atomic mass is 10.1. The molecule has 0 radical (unpaired) electrons. The molecule has 0 bridgehead atoms. The summed E-state index contributed by atoms with van der Waals surface area (Å²) in [6.07, 6.45) is 0.841. The van der Waals surface area contributed by atoms with Crippen molar-refractivity contribution in [3.8, 4) is 11.5 Å². The van der Waals surface area contributed by atoms with Crippen LogP contribution < -0.4 is 4.74 Å². The number of phenolic OH excluding ortho intramolecular Hbond substituents is 1. The summed E-state index contributed by atoms with van der Waals surface area (Å²) in [6.45, 7) is 2.70. The van der Waals surface area contributed by atoms with E-state index in [-0.39, 0.29) is 0 Å². The van der Waals surface area contributed by atoms with Crippen molar-refractivity contribution in [3.63, 3.8) is 0 Å². The topological polar surface area (TPSA) is 29.5 Å². The van der Waals surface area contributed by atoms with Gasteiger partial charge in [-0.2, -0.15) is 0 Å². The first kappa shape index (κ1) is 11.5. The number of aromatic hydroxyl groups is 1. The van der Waals surface area contributed by atoms with E-state index in [0.717, 1.165) is 17.7 Å². The van der Waals surface area contributed by atoms with Crippen LogP contribution in [-0.2, 0) is 6.42 Å². The van der Waals surface area contributed by atoms with E-state index in [1.165, 1.54) is 5.56 Å². The maximum Gasteiger partial charge on any atom is 0.119 e. The Morgan fingerprint density at radius 2 is 1.59 bits per heavy atom. The van der Waals surface area contributed by atoms with Gasteiger partial charge in [0.05, 0.1) is 6.61 Å². The molecule has 88 valence electrons. The number of hydrogen-bond acceptors (Lipinski definition) is 2. The highest BCUT2D eigenvalue weighted by Gasteiger charge is 1.96. The van der Waals surface area contributed by atoms with Crippen LogP contribution in [0, 0.1) is 6.92 Å². The minimum atomic E-state index is 0.299. The fourth-order valence-corrected chi connectivity index (χ4v) is 1.58. The summed E-state index contributed by atoms with van der Waals surface area (Å²) >= 11 is 0.